The number of hydrogen-bond acceptors (Lipinski definition) is 4. The summed E-state index contributed by atoms with van der Waals surface area (Å²) in [6, 6.07) is 9.22. The van der Waals surface area contributed by atoms with Crippen molar-refractivity contribution in [2.24, 2.45) is 0 Å². The zero-order chi connectivity index (χ0) is 14.4. The Morgan fingerprint density at radius 1 is 1.25 bits per heavy atom. The van der Waals surface area contributed by atoms with Crippen molar-refractivity contribution in [1.29, 1.82) is 0 Å². The Labute approximate surface area is 123 Å². The molecule has 106 valence electrons. The van der Waals surface area contributed by atoms with Gasteiger partial charge in [-0.05, 0) is 24.2 Å². The molecule has 0 atom stereocenters. The largest absolute Gasteiger partial charge is 0.497 e. The normalized spacial score (nSPS) is 10.3. The average molecular weight is 293 g/mol. The van der Waals surface area contributed by atoms with Crippen molar-refractivity contribution >= 4 is 11.6 Å². The summed E-state index contributed by atoms with van der Waals surface area (Å²) in [5.41, 5.74) is 0.960. The second kappa shape index (κ2) is 7.12. The lowest BCUT2D eigenvalue weighted by atomic mass is 10.2. The molecule has 1 heterocycles. The number of nitrogens with zero attached hydrogens (tertiary/aromatic N) is 1. The Morgan fingerprint density at radius 3 is 2.80 bits per heavy atom. The quantitative estimate of drug-likeness (QED) is 0.882. The highest BCUT2D eigenvalue weighted by atomic mass is 35.5. The van der Waals surface area contributed by atoms with Crippen LogP contribution in [0.5, 0.6) is 17.4 Å². The third-order valence-corrected chi connectivity index (χ3v) is 3.08. The smallest absolute Gasteiger partial charge is 0.219 e. The van der Waals surface area contributed by atoms with Crippen LogP contribution < -0.4 is 14.8 Å². The number of hydrogen-bond donors (Lipinski definition) is 1. The standard InChI is InChI=1S/C15H17ClN2O2/c1-3-17-9-11-7-15(18-10-14(11)16)20-13-6-4-5-12(8-13)19-2/h4-8,10,17H,3,9H2,1-2H3. The minimum atomic E-state index is 0.510. The molecular weight excluding hydrogens is 276 g/mol. The molecule has 0 amide bonds. The molecule has 1 aromatic carbocycles. The lowest BCUT2D eigenvalue weighted by molar-refractivity contribution is 0.407. The SMILES string of the molecule is CCNCc1cc(Oc2cccc(OC)c2)ncc1Cl. The summed E-state index contributed by atoms with van der Waals surface area (Å²) in [6.07, 6.45) is 1.60. The van der Waals surface area contributed by atoms with Crippen molar-refractivity contribution in [3.63, 3.8) is 0 Å². The molecule has 0 bridgehead atoms. The third kappa shape index (κ3) is 3.85. The zero-order valence-corrected chi connectivity index (χ0v) is 12.3. The molecule has 1 aromatic heterocycles. The Bertz CT molecular complexity index is 576. The Kier molecular flexibility index (Phi) is 5.21. The van der Waals surface area contributed by atoms with E-state index in [4.69, 9.17) is 21.1 Å². The highest BCUT2D eigenvalue weighted by Gasteiger charge is 2.05. The number of halogens is 1. The minimum Gasteiger partial charge on any atom is -0.497 e. The highest BCUT2D eigenvalue weighted by molar-refractivity contribution is 6.31. The second-order valence-electron chi connectivity index (χ2n) is 4.18. The molecule has 4 nitrogen and oxygen atoms in total. The monoisotopic (exact) mass is 292 g/mol. The van der Waals surface area contributed by atoms with Crippen LogP contribution in [0.1, 0.15) is 12.5 Å². The first-order valence-electron chi connectivity index (χ1n) is 6.40. The first-order chi connectivity index (χ1) is 9.72. The van der Waals surface area contributed by atoms with Gasteiger partial charge in [-0.15, -0.1) is 0 Å². The molecule has 2 rings (SSSR count). The van der Waals surface area contributed by atoms with Crippen molar-refractivity contribution in [2.45, 2.75) is 13.5 Å². The maximum absolute atomic E-state index is 6.10. The molecule has 20 heavy (non-hydrogen) atoms. The second-order valence-corrected chi connectivity index (χ2v) is 4.58. The van der Waals surface area contributed by atoms with Gasteiger partial charge >= 0.3 is 0 Å². The number of rotatable bonds is 6. The Morgan fingerprint density at radius 2 is 2.05 bits per heavy atom. The highest BCUT2D eigenvalue weighted by Crippen LogP contribution is 2.26. The van der Waals surface area contributed by atoms with E-state index >= 15 is 0 Å². The number of ether oxygens (including phenoxy) is 2. The van der Waals surface area contributed by atoms with Crippen molar-refractivity contribution in [3.8, 4) is 17.4 Å². The molecule has 0 aliphatic carbocycles. The average Bonchev–Trinajstić information content (AvgIpc) is 2.48. The topological polar surface area (TPSA) is 43.4 Å². The summed E-state index contributed by atoms with van der Waals surface area (Å²) >= 11 is 6.10. The molecule has 0 aliphatic rings. The molecule has 0 spiro atoms. The van der Waals surface area contributed by atoms with Gasteiger partial charge in [0.05, 0.1) is 12.1 Å². The third-order valence-electron chi connectivity index (χ3n) is 2.74. The molecule has 2 aromatic rings. The van der Waals surface area contributed by atoms with Crippen LogP contribution in [0.25, 0.3) is 0 Å². The van der Waals surface area contributed by atoms with Crippen molar-refractivity contribution in [1.82, 2.24) is 10.3 Å². The molecule has 5 heteroatoms. The first kappa shape index (κ1) is 14.6. The van der Waals surface area contributed by atoms with Crippen LogP contribution in [-0.4, -0.2) is 18.6 Å². The molecule has 0 saturated heterocycles. The van der Waals surface area contributed by atoms with E-state index in [1.807, 2.05) is 31.2 Å². The van der Waals surface area contributed by atoms with Gasteiger partial charge in [0.1, 0.15) is 11.5 Å². The van der Waals surface area contributed by atoms with Crippen LogP contribution in [0.2, 0.25) is 5.02 Å². The van der Waals surface area contributed by atoms with E-state index < -0.39 is 0 Å². The van der Waals surface area contributed by atoms with E-state index in [2.05, 4.69) is 10.3 Å². The van der Waals surface area contributed by atoms with E-state index in [9.17, 15) is 0 Å². The molecule has 0 fully saturated rings. The van der Waals surface area contributed by atoms with Crippen molar-refractivity contribution in [3.05, 3.63) is 47.1 Å². The fraction of sp³-hybridized carbons (Fsp3) is 0.267. The van der Waals surface area contributed by atoms with Crippen LogP contribution in [-0.2, 0) is 6.54 Å². The summed E-state index contributed by atoms with van der Waals surface area (Å²) in [5, 5.41) is 3.86. The summed E-state index contributed by atoms with van der Waals surface area (Å²) in [7, 11) is 1.62. The summed E-state index contributed by atoms with van der Waals surface area (Å²) in [5.74, 6) is 1.92. The van der Waals surface area contributed by atoms with Crippen molar-refractivity contribution in [2.75, 3.05) is 13.7 Å². The van der Waals surface area contributed by atoms with Gasteiger partial charge in [-0.2, -0.15) is 0 Å². The lowest BCUT2D eigenvalue weighted by Gasteiger charge is -2.09. The van der Waals surface area contributed by atoms with E-state index in [0.717, 1.165) is 17.9 Å². The molecule has 0 unspecified atom stereocenters. The first-order valence-corrected chi connectivity index (χ1v) is 6.77. The number of nitrogens with one attached hydrogen (secondary N) is 1. The van der Waals surface area contributed by atoms with Gasteiger partial charge in [0.15, 0.2) is 0 Å². The predicted molar refractivity (Wildman–Crippen MR) is 79.7 cm³/mol. The van der Waals surface area contributed by atoms with Crippen LogP contribution in [0.15, 0.2) is 36.5 Å². The number of methoxy groups -OCH3 is 1. The summed E-state index contributed by atoms with van der Waals surface area (Å²) < 4.78 is 10.9. The Hall–Kier alpha value is -1.78. The Balaban J connectivity index is 2.16. The molecule has 1 N–H and O–H groups in total. The van der Waals surface area contributed by atoms with Crippen LogP contribution in [0.3, 0.4) is 0 Å². The van der Waals surface area contributed by atoms with Crippen LogP contribution in [0, 0.1) is 0 Å². The molecular formula is C15H17ClN2O2. The van der Waals surface area contributed by atoms with E-state index in [0.29, 0.717) is 23.2 Å². The fourth-order valence-electron chi connectivity index (χ4n) is 1.69. The molecule has 0 saturated carbocycles. The van der Waals surface area contributed by atoms with Gasteiger partial charge in [0.2, 0.25) is 5.88 Å². The van der Waals surface area contributed by atoms with Crippen LogP contribution >= 0.6 is 11.6 Å². The number of pyridine rings is 1. The van der Waals surface area contributed by atoms with Crippen molar-refractivity contribution < 1.29 is 9.47 Å². The van der Waals surface area contributed by atoms with Gasteiger partial charge in [0.25, 0.3) is 0 Å². The van der Waals surface area contributed by atoms with Gasteiger partial charge in [0, 0.05) is 24.9 Å². The van der Waals surface area contributed by atoms with Gasteiger partial charge in [-0.3, -0.25) is 0 Å². The maximum Gasteiger partial charge on any atom is 0.219 e. The summed E-state index contributed by atoms with van der Waals surface area (Å²) in [6.45, 7) is 3.61. The maximum atomic E-state index is 6.10. The fourth-order valence-corrected chi connectivity index (χ4v) is 1.87. The van der Waals surface area contributed by atoms with Crippen LogP contribution in [0.4, 0.5) is 0 Å². The summed E-state index contributed by atoms with van der Waals surface area (Å²) in [4.78, 5) is 4.18. The lowest BCUT2D eigenvalue weighted by Crippen LogP contribution is -2.12. The van der Waals surface area contributed by atoms with E-state index in [-0.39, 0.29) is 0 Å². The van der Waals surface area contributed by atoms with Gasteiger partial charge in [-0.1, -0.05) is 24.6 Å². The number of benzene rings is 1. The van der Waals surface area contributed by atoms with E-state index in [1.165, 1.54) is 0 Å². The predicted octanol–water partition coefficient (Wildman–Crippen LogP) is 3.65. The molecule has 0 aliphatic heterocycles. The zero-order valence-electron chi connectivity index (χ0n) is 11.5. The number of aromatic nitrogens is 1. The van der Waals surface area contributed by atoms with E-state index in [1.54, 1.807) is 19.4 Å². The molecule has 0 radical (unpaired) electrons. The minimum absolute atomic E-state index is 0.510. The van der Waals surface area contributed by atoms with Gasteiger partial charge in [-0.25, -0.2) is 4.98 Å². The van der Waals surface area contributed by atoms with Gasteiger partial charge < -0.3 is 14.8 Å².